The number of aromatic nitrogens is 2. The maximum absolute atomic E-state index is 11.7. The number of carbonyl (C=O) groups is 1. The maximum Gasteiger partial charge on any atom is 0.307 e. The molecular weight excluding hydrogens is 304 g/mol. The molecule has 1 fully saturated rings. The number of anilines is 2. The van der Waals surface area contributed by atoms with Gasteiger partial charge in [0.15, 0.2) is 12.0 Å². The Labute approximate surface area is 136 Å². The molecule has 0 amide bonds. The molecule has 0 spiro atoms. The van der Waals surface area contributed by atoms with E-state index in [1.54, 1.807) is 6.92 Å². The van der Waals surface area contributed by atoms with Crippen LogP contribution in [0, 0.1) is 5.92 Å². The lowest BCUT2D eigenvalue weighted by molar-refractivity contribution is -0.148. The quantitative estimate of drug-likeness (QED) is 0.509. The van der Waals surface area contributed by atoms with E-state index in [-0.39, 0.29) is 17.3 Å². The Morgan fingerprint density at radius 3 is 2.91 bits per heavy atom. The normalized spacial score (nSPS) is 22.4. The minimum absolute atomic E-state index is 0.134. The number of halogens is 1. The fraction of sp³-hybridized carbons (Fsp3) is 0.667. The highest BCUT2D eigenvalue weighted by Gasteiger charge is 2.33. The molecule has 1 aliphatic carbocycles. The first-order chi connectivity index (χ1) is 10.4. The number of ether oxygens (including phenoxy) is 1. The molecule has 2 rings (SSSR count). The van der Waals surface area contributed by atoms with Crippen molar-refractivity contribution in [2.24, 2.45) is 5.92 Å². The van der Waals surface area contributed by atoms with E-state index in [2.05, 4.69) is 16.9 Å². The van der Waals surface area contributed by atoms with Crippen molar-refractivity contribution in [1.29, 1.82) is 0 Å². The van der Waals surface area contributed by atoms with Gasteiger partial charge in [-0.25, -0.2) is 4.98 Å². The van der Waals surface area contributed by atoms with E-state index in [0.717, 1.165) is 19.3 Å². The molecule has 1 saturated carbocycles. The van der Waals surface area contributed by atoms with E-state index < -0.39 is 6.23 Å². The third kappa shape index (κ3) is 3.80. The van der Waals surface area contributed by atoms with Gasteiger partial charge in [-0.3, -0.25) is 4.79 Å². The topological polar surface area (TPSA) is 81.3 Å². The summed E-state index contributed by atoms with van der Waals surface area (Å²) in [5.74, 6) is 0.915. The molecule has 122 valence electrons. The zero-order valence-corrected chi connectivity index (χ0v) is 14.0. The van der Waals surface area contributed by atoms with Crippen molar-refractivity contribution < 1.29 is 9.53 Å². The van der Waals surface area contributed by atoms with Crippen LogP contribution in [-0.2, 0) is 9.53 Å². The van der Waals surface area contributed by atoms with E-state index in [1.807, 2.05) is 11.8 Å². The Kier molecular flexibility index (Phi) is 5.45. The van der Waals surface area contributed by atoms with Gasteiger partial charge in [-0.05, 0) is 43.7 Å². The molecule has 0 radical (unpaired) electrons. The molecule has 0 bridgehead atoms. The number of nitrogen functional groups attached to an aromatic ring is 1. The highest BCUT2D eigenvalue weighted by Crippen LogP contribution is 2.35. The van der Waals surface area contributed by atoms with Crippen molar-refractivity contribution in [2.45, 2.75) is 58.7 Å². The van der Waals surface area contributed by atoms with E-state index in [4.69, 9.17) is 22.1 Å². The van der Waals surface area contributed by atoms with Crippen LogP contribution < -0.4 is 10.6 Å². The first kappa shape index (κ1) is 16.8. The van der Waals surface area contributed by atoms with Gasteiger partial charge in [0.05, 0.1) is 11.9 Å². The number of carbonyl (C=O) groups excluding carboxylic acids is 1. The second kappa shape index (κ2) is 7.13. The van der Waals surface area contributed by atoms with Crippen LogP contribution in [0.3, 0.4) is 0 Å². The monoisotopic (exact) mass is 326 g/mol. The molecule has 1 aromatic rings. The number of nitrogens with zero attached hydrogens (tertiary/aromatic N) is 3. The van der Waals surface area contributed by atoms with Crippen LogP contribution in [0.1, 0.15) is 46.5 Å². The van der Waals surface area contributed by atoms with Crippen LogP contribution in [0.2, 0.25) is 5.28 Å². The first-order valence-corrected chi connectivity index (χ1v) is 8.06. The maximum atomic E-state index is 11.7. The molecule has 6 nitrogen and oxygen atoms in total. The number of hydrogen-bond acceptors (Lipinski definition) is 6. The van der Waals surface area contributed by atoms with Crippen LogP contribution in [0.15, 0.2) is 6.20 Å². The molecule has 1 aromatic heterocycles. The van der Waals surface area contributed by atoms with E-state index in [1.165, 1.54) is 6.20 Å². The largest absolute Gasteiger partial charge is 0.442 e. The average Bonchev–Trinajstić information content (AvgIpc) is 2.89. The van der Waals surface area contributed by atoms with Crippen molar-refractivity contribution in [2.75, 3.05) is 10.6 Å². The Bertz CT molecular complexity index is 540. The molecule has 3 atom stereocenters. The molecule has 3 unspecified atom stereocenters. The lowest BCUT2D eigenvalue weighted by Crippen LogP contribution is -2.44. The predicted molar refractivity (Wildman–Crippen MR) is 86.6 cm³/mol. The van der Waals surface area contributed by atoms with Crippen LogP contribution in [-0.4, -0.2) is 28.2 Å². The fourth-order valence-corrected chi connectivity index (χ4v) is 3.10. The van der Waals surface area contributed by atoms with Crippen molar-refractivity contribution >= 4 is 29.1 Å². The summed E-state index contributed by atoms with van der Waals surface area (Å²) < 4.78 is 5.49. The summed E-state index contributed by atoms with van der Waals surface area (Å²) in [6, 6.07) is 0.225. The lowest BCUT2D eigenvalue weighted by Gasteiger charge is -2.35. The molecule has 0 saturated heterocycles. The Morgan fingerprint density at radius 1 is 1.59 bits per heavy atom. The fourth-order valence-electron chi connectivity index (χ4n) is 2.97. The highest BCUT2D eigenvalue weighted by atomic mass is 35.5. The standard InChI is InChI=1S/C15H23ClN4O2/c1-4-13(21)22-10(3)20(11-6-5-9(2)7-11)14-12(17)8-18-15(16)19-14/h8-11H,4-7,17H2,1-3H3. The summed E-state index contributed by atoms with van der Waals surface area (Å²) in [5.41, 5.74) is 6.46. The van der Waals surface area contributed by atoms with Gasteiger partial charge < -0.3 is 15.4 Å². The smallest absolute Gasteiger partial charge is 0.307 e. The highest BCUT2D eigenvalue weighted by molar-refractivity contribution is 6.28. The molecule has 0 aromatic carbocycles. The summed E-state index contributed by atoms with van der Waals surface area (Å²) in [6.07, 6.45) is 4.53. The van der Waals surface area contributed by atoms with Crippen LogP contribution >= 0.6 is 11.6 Å². The van der Waals surface area contributed by atoms with Gasteiger partial charge in [-0.15, -0.1) is 0 Å². The number of rotatable bonds is 5. The van der Waals surface area contributed by atoms with Gasteiger partial charge in [-0.2, -0.15) is 4.98 Å². The minimum Gasteiger partial charge on any atom is -0.442 e. The third-order valence-corrected chi connectivity index (χ3v) is 4.24. The summed E-state index contributed by atoms with van der Waals surface area (Å²) >= 11 is 5.92. The zero-order valence-electron chi connectivity index (χ0n) is 13.3. The lowest BCUT2D eigenvalue weighted by atomic mass is 10.1. The van der Waals surface area contributed by atoms with E-state index in [0.29, 0.717) is 23.8 Å². The second-order valence-electron chi connectivity index (χ2n) is 5.84. The van der Waals surface area contributed by atoms with Gasteiger partial charge in [-0.1, -0.05) is 13.8 Å². The summed E-state index contributed by atoms with van der Waals surface area (Å²) in [7, 11) is 0. The van der Waals surface area contributed by atoms with Crippen molar-refractivity contribution in [1.82, 2.24) is 9.97 Å². The summed E-state index contributed by atoms with van der Waals surface area (Å²) in [4.78, 5) is 21.8. The second-order valence-corrected chi connectivity index (χ2v) is 6.18. The number of nitrogens with two attached hydrogens (primary N) is 1. The SMILES string of the molecule is CCC(=O)OC(C)N(c1nc(Cl)ncc1N)C1CCC(C)C1. The molecule has 0 aliphatic heterocycles. The number of hydrogen-bond donors (Lipinski definition) is 1. The van der Waals surface area contributed by atoms with Crippen LogP contribution in [0.5, 0.6) is 0 Å². The summed E-state index contributed by atoms with van der Waals surface area (Å²) in [6.45, 7) is 5.83. The van der Waals surface area contributed by atoms with E-state index in [9.17, 15) is 4.79 Å². The molecule has 22 heavy (non-hydrogen) atoms. The molecular formula is C15H23ClN4O2. The predicted octanol–water partition coefficient (Wildman–Crippen LogP) is 3.01. The zero-order chi connectivity index (χ0) is 16.3. The van der Waals surface area contributed by atoms with Gasteiger partial charge in [0.25, 0.3) is 0 Å². The molecule has 7 heteroatoms. The van der Waals surface area contributed by atoms with Crippen molar-refractivity contribution in [3.8, 4) is 0 Å². The Morgan fingerprint density at radius 2 is 2.32 bits per heavy atom. The third-order valence-electron chi connectivity index (χ3n) is 4.05. The van der Waals surface area contributed by atoms with Gasteiger partial charge >= 0.3 is 5.97 Å². The average molecular weight is 327 g/mol. The van der Waals surface area contributed by atoms with Crippen LogP contribution in [0.25, 0.3) is 0 Å². The molecule has 1 aliphatic rings. The summed E-state index contributed by atoms with van der Waals surface area (Å²) in [5, 5.41) is 0.134. The van der Waals surface area contributed by atoms with Crippen molar-refractivity contribution in [3.05, 3.63) is 11.5 Å². The van der Waals surface area contributed by atoms with Crippen molar-refractivity contribution in [3.63, 3.8) is 0 Å². The van der Waals surface area contributed by atoms with Gasteiger partial charge in [0, 0.05) is 12.5 Å². The Hall–Kier alpha value is -1.56. The van der Waals surface area contributed by atoms with E-state index >= 15 is 0 Å². The Balaban J connectivity index is 2.32. The minimum atomic E-state index is -0.448. The molecule has 1 heterocycles. The van der Waals surface area contributed by atoms with Gasteiger partial charge in [0.1, 0.15) is 0 Å². The van der Waals surface area contributed by atoms with Crippen LogP contribution in [0.4, 0.5) is 11.5 Å². The van der Waals surface area contributed by atoms with Gasteiger partial charge in [0.2, 0.25) is 5.28 Å². The number of esters is 1. The molecule has 2 N–H and O–H groups in total. The first-order valence-electron chi connectivity index (χ1n) is 7.68.